The molecule has 1 aromatic rings. The maximum Gasteiger partial charge on any atom is 0.414 e. The molecule has 2 rings (SSSR count). The van der Waals surface area contributed by atoms with Gasteiger partial charge in [0.25, 0.3) is 5.91 Å². The van der Waals surface area contributed by atoms with Gasteiger partial charge in [-0.3, -0.25) is 4.79 Å². The molecule has 0 aromatic heterocycles. The highest BCUT2D eigenvalue weighted by Gasteiger charge is 2.22. The van der Waals surface area contributed by atoms with E-state index in [1.54, 1.807) is 0 Å². The molecule has 0 saturated heterocycles. The molecule has 3 N–H and O–H groups in total. The Labute approximate surface area is 154 Å². The van der Waals surface area contributed by atoms with Crippen LogP contribution >= 0.6 is 15.9 Å². The topological polar surface area (TPSA) is 113 Å². The fourth-order valence-corrected chi connectivity index (χ4v) is 2.72. The Morgan fingerprint density at radius 3 is 2.20 bits per heavy atom. The van der Waals surface area contributed by atoms with E-state index in [4.69, 9.17) is 24.5 Å². The van der Waals surface area contributed by atoms with E-state index >= 15 is 0 Å². The number of ether oxygens (including phenoxy) is 1. The predicted octanol–water partition coefficient (Wildman–Crippen LogP) is 2.68. The van der Waals surface area contributed by atoms with Crippen molar-refractivity contribution in [3.05, 3.63) is 28.7 Å². The minimum absolute atomic E-state index is 0.0262. The molecule has 0 bridgehead atoms. The number of benzene rings is 1. The molecule has 0 spiro atoms. The van der Waals surface area contributed by atoms with Gasteiger partial charge in [0.15, 0.2) is 6.61 Å². The first-order chi connectivity index (χ1) is 11.8. The summed E-state index contributed by atoms with van der Waals surface area (Å²) in [5, 5.41) is 17.9. The van der Waals surface area contributed by atoms with Crippen molar-refractivity contribution in [3.8, 4) is 5.75 Å². The predicted molar refractivity (Wildman–Crippen MR) is 94.5 cm³/mol. The SMILES string of the molecule is CC1CCCCC1NC(=O)COc1ccc(Br)cc1.O=C(O)C(=O)O. The first-order valence-electron chi connectivity index (χ1n) is 7.93. The van der Waals surface area contributed by atoms with Gasteiger partial charge in [-0.2, -0.15) is 0 Å². The fraction of sp³-hybridized carbons (Fsp3) is 0.471. The van der Waals surface area contributed by atoms with Gasteiger partial charge in [0, 0.05) is 10.5 Å². The van der Waals surface area contributed by atoms with E-state index in [-0.39, 0.29) is 12.5 Å². The van der Waals surface area contributed by atoms with Crippen LogP contribution in [-0.2, 0) is 14.4 Å². The van der Waals surface area contributed by atoms with Gasteiger partial charge in [0.05, 0.1) is 0 Å². The van der Waals surface area contributed by atoms with Crippen molar-refractivity contribution in [2.45, 2.75) is 38.6 Å². The number of nitrogens with one attached hydrogen (secondary N) is 1. The third kappa shape index (κ3) is 8.53. The van der Waals surface area contributed by atoms with Crippen LogP contribution in [0.4, 0.5) is 0 Å². The molecule has 2 unspecified atom stereocenters. The Bertz CT molecular complexity index is 577. The molecule has 8 heteroatoms. The molecule has 1 saturated carbocycles. The molecule has 1 fully saturated rings. The number of carboxylic acids is 2. The van der Waals surface area contributed by atoms with Crippen LogP contribution in [0.2, 0.25) is 0 Å². The van der Waals surface area contributed by atoms with E-state index in [1.165, 1.54) is 19.3 Å². The highest BCUT2D eigenvalue weighted by Crippen LogP contribution is 2.23. The summed E-state index contributed by atoms with van der Waals surface area (Å²) in [6, 6.07) is 7.81. The van der Waals surface area contributed by atoms with Crippen molar-refractivity contribution >= 4 is 33.8 Å². The van der Waals surface area contributed by atoms with Crippen molar-refractivity contribution in [2.75, 3.05) is 6.61 Å². The first kappa shape index (κ1) is 21.0. The highest BCUT2D eigenvalue weighted by molar-refractivity contribution is 9.10. The fourth-order valence-electron chi connectivity index (χ4n) is 2.46. The molecule has 0 heterocycles. The molecule has 138 valence electrons. The van der Waals surface area contributed by atoms with Gasteiger partial charge in [0.2, 0.25) is 0 Å². The summed E-state index contributed by atoms with van der Waals surface area (Å²) >= 11 is 3.36. The van der Waals surface area contributed by atoms with Crippen molar-refractivity contribution in [1.82, 2.24) is 5.32 Å². The third-order valence-electron chi connectivity index (χ3n) is 3.82. The van der Waals surface area contributed by atoms with Crippen molar-refractivity contribution in [2.24, 2.45) is 5.92 Å². The summed E-state index contributed by atoms with van der Waals surface area (Å²) in [5.41, 5.74) is 0. The number of carbonyl (C=O) groups is 3. The van der Waals surface area contributed by atoms with Gasteiger partial charge in [-0.05, 0) is 43.0 Å². The Kier molecular flexibility index (Phi) is 8.98. The molecule has 1 aliphatic carbocycles. The summed E-state index contributed by atoms with van der Waals surface area (Å²) < 4.78 is 6.47. The minimum atomic E-state index is -1.82. The number of rotatable bonds is 4. The lowest BCUT2D eigenvalue weighted by Crippen LogP contribution is -2.43. The van der Waals surface area contributed by atoms with Gasteiger partial charge in [-0.15, -0.1) is 0 Å². The van der Waals surface area contributed by atoms with E-state index in [1.807, 2.05) is 24.3 Å². The van der Waals surface area contributed by atoms with Crippen molar-refractivity contribution in [1.29, 1.82) is 0 Å². The number of hydrogen-bond acceptors (Lipinski definition) is 4. The zero-order valence-corrected chi connectivity index (χ0v) is 15.5. The number of halogens is 1. The number of carbonyl (C=O) groups excluding carboxylic acids is 1. The van der Waals surface area contributed by atoms with Crippen LogP contribution in [0.15, 0.2) is 28.7 Å². The monoisotopic (exact) mass is 415 g/mol. The molecular formula is C17H22BrNO6. The molecule has 2 atom stereocenters. The Balaban J connectivity index is 0.000000450. The number of amides is 1. The van der Waals surface area contributed by atoms with Crippen LogP contribution in [0.3, 0.4) is 0 Å². The second kappa shape index (κ2) is 10.7. The minimum Gasteiger partial charge on any atom is -0.484 e. The van der Waals surface area contributed by atoms with Crippen LogP contribution in [-0.4, -0.2) is 40.7 Å². The summed E-state index contributed by atoms with van der Waals surface area (Å²) in [7, 11) is 0. The average molecular weight is 416 g/mol. The number of carboxylic acid groups (broad SMARTS) is 2. The number of hydrogen-bond donors (Lipinski definition) is 3. The van der Waals surface area contributed by atoms with E-state index < -0.39 is 11.9 Å². The zero-order chi connectivity index (χ0) is 18.8. The van der Waals surface area contributed by atoms with Crippen LogP contribution < -0.4 is 10.1 Å². The molecule has 7 nitrogen and oxygen atoms in total. The van der Waals surface area contributed by atoms with E-state index in [9.17, 15) is 4.79 Å². The average Bonchev–Trinajstić information content (AvgIpc) is 2.57. The van der Waals surface area contributed by atoms with E-state index in [2.05, 4.69) is 28.2 Å². The maximum absolute atomic E-state index is 11.9. The normalized spacial score (nSPS) is 19.1. The molecule has 25 heavy (non-hydrogen) atoms. The molecular weight excluding hydrogens is 394 g/mol. The third-order valence-corrected chi connectivity index (χ3v) is 4.35. The van der Waals surface area contributed by atoms with Crippen LogP contribution in [0.5, 0.6) is 5.75 Å². The van der Waals surface area contributed by atoms with Crippen molar-refractivity contribution < 1.29 is 29.3 Å². The van der Waals surface area contributed by atoms with Gasteiger partial charge < -0.3 is 20.3 Å². The molecule has 0 radical (unpaired) electrons. The lowest BCUT2D eigenvalue weighted by molar-refractivity contribution is -0.159. The first-order valence-corrected chi connectivity index (χ1v) is 8.73. The Hall–Kier alpha value is -2.09. The molecule has 1 amide bonds. The maximum atomic E-state index is 11.9. The highest BCUT2D eigenvalue weighted by atomic mass is 79.9. The van der Waals surface area contributed by atoms with Crippen LogP contribution in [0.25, 0.3) is 0 Å². The lowest BCUT2D eigenvalue weighted by atomic mass is 9.86. The smallest absolute Gasteiger partial charge is 0.414 e. The lowest BCUT2D eigenvalue weighted by Gasteiger charge is -2.29. The van der Waals surface area contributed by atoms with Crippen LogP contribution in [0.1, 0.15) is 32.6 Å². The molecule has 1 aliphatic rings. The van der Waals surface area contributed by atoms with Gasteiger partial charge >= 0.3 is 11.9 Å². The molecule has 1 aromatic carbocycles. The quantitative estimate of drug-likeness (QED) is 0.651. The van der Waals surface area contributed by atoms with E-state index in [0.29, 0.717) is 12.0 Å². The van der Waals surface area contributed by atoms with Crippen molar-refractivity contribution in [3.63, 3.8) is 0 Å². The molecule has 0 aliphatic heterocycles. The largest absolute Gasteiger partial charge is 0.484 e. The summed E-state index contributed by atoms with van der Waals surface area (Å²) in [6.45, 7) is 2.30. The van der Waals surface area contributed by atoms with Gasteiger partial charge in [0.1, 0.15) is 5.75 Å². The summed E-state index contributed by atoms with van der Waals surface area (Å²) in [6.07, 6.45) is 4.79. The van der Waals surface area contributed by atoms with E-state index in [0.717, 1.165) is 16.6 Å². The summed E-state index contributed by atoms with van der Waals surface area (Å²) in [5.74, 6) is -2.38. The van der Waals surface area contributed by atoms with Crippen LogP contribution in [0, 0.1) is 5.92 Å². The van der Waals surface area contributed by atoms with Gasteiger partial charge in [-0.25, -0.2) is 9.59 Å². The second-order valence-corrected chi connectivity index (χ2v) is 6.70. The zero-order valence-electron chi connectivity index (χ0n) is 13.9. The Morgan fingerprint density at radius 1 is 1.12 bits per heavy atom. The summed E-state index contributed by atoms with van der Waals surface area (Å²) in [4.78, 5) is 30.1. The number of aliphatic carboxylic acids is 2. The standard InChI is InChI=1S/C15H20BrNO2.C2H2O4/c1-11-4-2-3-5-14(11)17-15(18)10-19-13-8-6-12(16)7-9-13;3-1(4)2(5)6/h6-9,11,14H,2-5,10H2,1H3,(H,17,18);(H,3,4)(H,5,6). The second-order valence-electron chi connectivity index (χ2n) is 5.79. The Morgan fingerprint density at radius 2 is 1.68 bits per heavy atom. The van der Waals surface area contributed by atoms with Gasteiger partial charge in [-0.1, -0.05) is 35.7 Å².